The number of benzene rings is 3. The highest BCUT2D eigenvalue weighted by molar-refractivity contribution is 8.00. The van der Waals surface area contributed by atoms with Crippen molar-refractivity contribution in [1.82, 2.24) is 9.97 Å². The second-order valence-corrected chi connectivity index (χ2v) is 7.70. The number of rotatable bonds is 2. The van der Waals surface area contributed by atoms with Gasteiger partial charge in [0, 0.05) is 9.92 Å². The summed E-state index contributed by atoms with van der Waals surface area (Å²) in [7, 11) is 0. The highest BCUT2D eigenvalue weighted by Gasteiger charge is 2.29. The van der Waals surface area contributed by atoms with Crippen LogP contribution >= 0.6 is 23.4 Å². The van der Waals surface area contributed by atoms with Gasteiger partial charge in [0.05, 0.1) is 22.4 Å². The van der Waals surface area contributed by atoms with Crippen LogP contribution in [0.3, 0.4) is 0 Å². The molecule has 0 spiro atoms. The third-order valence-electron chi connectivity index (χ3n) is 4.38. The maximum absolute atomic E-state index is 6.24. The Labute approximate surface area is 160 Å². The molecular weight excluding hydrogens is 362 g/mol. The van der Waals surface area contributed by atoms with Crippen LogP contribution < -0.4 is 0 Å². The predicted molar refractivity (Wildman–Crippen MR) is 109 cm³/mol. The summed E-state index contributed by atoms with van der Waals surface area (Å²) in [5.41, 5.74) is 4.97. The van der Waals surface area contributed by atoms with Crippen molar-refractivity contribution in [3.05, 3.63) is 89.2 Å². The van der Waals surface area contributed by atoms with Gasteiger partial charge >= 0.3 is 0 Å². The zero-order valence-corrected chi connectivity index (χ0v) is 15.3. The largest absolute Gasteiger partial charge is 0.341 e. The van der Waals surface area contributed by atoms with Crippen molar-refractivity contribution in [1.29, 1.82) is 0 Å². The molecule has 1 aliphatic heterocycles. The van der Waals surface area contributed by atoms with E-state index in [4.69, 9.17) is 21.6 Å². The van der Waals surface area contributed by atoms with Gasteiger partial charge in [-0.25, -0.2) is 9.98 Å². The van der Waals surface area contributed by atoms with Gasteiger partial charge in [-0.3, -0.25) is 0 Å². The molecule has 0 saturated heterocycles. The molecule has 0 fully saturated rings. The summed E-state index contributed by atoms with van der Waals surface area (Å²) in [6.07, 6.45) is 0. The number of H-pyrrole nitrogens is 1. The van der Waals surface area contributed by atoms with Crippen molar-refractivity contribution < 1.29 is 0 Å². The van der Waals surface area contributed by atoms with Crippen LogP contribution in [0.2, 0.25) is 5.02 Å². The van der Waals surface area contributed by atoms with E-state index in [0.29, 0.717) is 5.02 Å². The van der Waals surface area contributed by atoms with Gasteiger partial charge in [0.25, 0.3) is 0 Å². The number of aromatic amines is 1. The summed E-state index contributed by atoms with van der Waals surface area (Å²) in [4.78, 5) is 14.4. The molecule has 26 heavy (non-hydrogen) atoms. The fourth-order valence-electron chi connectivity index (χ4n) is 3.17. The van der Waals surface area contributed by atoms with Gasteiger partial charge in [-0.1, -0.05) is 48.0 Å². The number of hydrogen-bond donors (Lipinski definition) is 1. The molecule has 0 radical (unpaired) electrons. The minimum atomic E-state index is -0.0178. The van der Waals surface area contributed by atoms with Crippen LogP contribution in [-0.4, -0.2) is 15.7 Å². The van der Waals surface area contributed by atoms with Crippen molar-refractivity contribution >= 4 is 45.8 Å². The molecule has 0 amide bonds. The van der Waals surface area contributed by atoms with E-state index >= 15 is 0 Å². The molecule has 0 bridgehead atoms. The number of halogens is 1. The quantitative estimate of drug-likeness (QED) is 0.454. The Bertz CT molecular complexity index is 1120. The fourth-order valence-corrected chi connectivity index (χ4v) is 4.53. The van der Waals surface area contributed by atoms with Crippen molar-refractivity contribution in [3.8, 4) is 0 Å². The molecule has 1 aliphatic rings. The standard InChI is InChI=1S/C21H14ClN3S/c22-14-7-5-6-13(12-14)19-20(26-18-11-4-3-10-17(18)23-19)21-24-15-8-1-2-9-16(15)25-21/h1-12,20H,(H,24,25)/t20-/m1/s1. The van der Waals surface area contributed by atoms with E-state index in [9.17, 15) is 0 Å². The van der Waals surface area contributed by atoms with Gasteiger partial charge in [-0.15, -0.1) is 11.8 Å². The third-order valence-corrected chi connectivity index (χ3v) is 5.89. The van der Waals surface area contributed by atoms with Gasteiger partial charge in [0.1, 0.15) is 11.1 Å². The maximum Gasteiger partial charge on any atom is 0.126 e. The van der Waals surface area contributed by atoms with Gasteiger partial charge in [0.15, 0.2) is 0 Å². The number of aliphatic imine (C=N–C) groups is 1. The topological polar surface area (TPSA) is 41.0 Å². The fraction of sp³-hybridized carbons (Fsp3) is 0.0476. The van der Waals surface area contributed by atoms with Crippen LogP contribution in [-0.2, 0) is 0 Å². The van der Waals surface area contributed by atoms with Gasteiger partial charge in [-0.05, 0) is 42.0 Å². The summed E-state index contributed by atoms with van der Waals surface area (Å²) in [5.74, 6) is 0.907. The van der Waals surface area contributed by atoms with Crippen LogP contribution in [0.1, 0.15) is 16.6 Å². The second-order valence-electron chi connectivity index (χ2n) is 6.11. The van der Waals surface area contributed by atoms with Crippen LogP contribution in [0.25, 0.3) is 11.0 Å². The lowest BCUT2D eigenvalue weighted by molar-refractivity contribution is 1.06. The number of thioether (sulfide) groups is 1. The summed E-state index contributed by atoms with van der Waals surface area (Å²) in [6.45, 7) is 0. The number of para-hydroxylation sites is 3. The number of aromatic nitrogens is 2. The monoisotopic (exact) mass is 375 g/mol. The molecule has 3 nitrogen and oxygen atoms in total. The molecule has 3 aromatic carbocycles. The highest BCUT2D eigenvalue weighted by atomic mass is 35.5. The summed E-state index contributed by atoms with van der Waals surface area (Å²) < 4.78 is 0. The summed E-state index contributed by atoms with van der Waals surface area (Å²) >= 11 is 8.00. The van der Waals surface area contributed by atoms with Crippen molar-refractivity contribution in [2.45, 2.75) is 10.1 Å². The first-order chi connectivity index (χ1) is 12.8. The van der Waals surface area contributed by atoms with Crippen molar-refractivity contribution in [2.75, 3.05) is 0 Å². The zero-order chi connectivity index (χ0) is 17.5. The van der Waals surface area contributed by atoms with E-state index in [1.165, 1.54) is 0 Å². The van der Waals surface area contributed by atoms with Gasteiger partial charge in [-0.2, -0.15) is 0 Å². The lowest BCUT2D eigenvalue weighted by Gasteiger charge is -2.23. The summed E-state index contributed by atoms with van der Waals surface area (Å²) in [5, 5.41) is 0.688. The molecule has 0 aliphatic carbocycles. The van der Waals surface area contributed by atoms with E-state index in [1.807, 2.05) is 60.7 Å². The smallest absolute Gasteiger partial charge is 0.126 e. The van der Waals surface area contributed by atoms with Gasteiger partial charge in [0.2, 0.25) is 0 Å². The molecule has 4 aromatic rings. The van der Waals surface area contributed by atoms with Crippen molar-refractivity contribution in [3.63, 3.8) is 0 Å². The third kappa shape index (κ3) is 2.71. The number of imidazole rings is 1. The molecule has 0 saturated carbocycles. The molecule has 0 unspecified atom stereocenters. The number of hydrogen-bond acceptors (Lipinski definition) is 3. The Morgan fingerprint density at radius 1 is 0.923 bits per heavy atom. The molecule has 5 rings (SSSR count). The zero-order valence-electron chi connectivity index (χ0n) is 13.7. The van der Waals surface area contributed by atoms with E-state index in [-0.39, 0.29) is 5.25 Å². The Kier molecular flexibility index (Phi) is 3.80. The summed E-state index contributed by atoms with van der Waals surface area (Å²) in [6, 6.07) is 24.1. The lowest BCUT2D eigenvalue weighted by Crippen LogP contribution is -2.15. The number of nitrogens with one attached hydrogen (secondary N) is 1. The molecule has 1 atom stereocenters. The maximum atomic E-state index is 6.24. The van der Waals surface area contributed by atoms with Crippen LogP contribution in [0.5, 0.6) is 0 Å². The Morgan fingerprint density at radius 2 is 1.77 bits per heavy atom. The average molecular weight is 376 g/mol. The van der Waals surface area contributed by atoms with E-state index in [0.717, 1.165) is 38.7 Å². The second kappa shape index (κ2) is 6.31. The number of fused-ring (bicyclic) bond motifs is 2. The number of nitrogens with zero attached hydrogens (tertiary/aromatic N) is 2. The first kappa shape index (κ1) is 15.7. The SMILES string of the molecule is Clc1cccc(C2=Nc3ccccc3S[C@H]2c2nc3ccccc3[nH]2)c1. The predicted octanol–water partition coefficient (Wildman–Crippen LogP) is 6.18. The Morgan fingerprint density at radius 3 is 2.65 bits per heavy atom. The van der Waals surface area contributed by atoms with E-state index in [2.05, 4.69) is 17.1 Å². The van der Waals surface area contributed by atoms with Crippen LogP contribution in [0.4, 0.5) is 5.69 Å². The van der Waals surface area contributed by atoms with E-state index < -0.39 is 0 Å². The molecule has 5 heteroatoms. The highest BCUT2D eigenvalue weighted by Crippen LogP contribution is 2.46. The average Bonchev–Trinajstić information content (AvgIpc) is 3.11. The van der Waals surface area contributed by atoms with Crippen molar-refractivity contribution in [2.24, 2.45) is 4.99 Å². The molecule has 2 heterocycles. The minimum Gasteiger partial charge on any atom is -0.341 e. The van der Waals surface area contributed by atoms with Crippen LogP contribution in [0.15, 0.2) is 82.7 Å². The Balaban J connectivity index is 1.69. The minimum absolute atomic E-state index is 0.0178. The normalized spacial score (nSPS) is 16.3. The molecule has 1 N–H and O–H groups in total. The lowest BCUT2D eigenvalue weighted by atomic mass is 10.1. The molecular formula is C21H14ClN3S. The van der Waals surface area contributed by atoms with Gasteiger partial charge < -0.3 is 4.98 Å². The van der Waals surface area contributed by atoms with Crippen LogP contribution in [0, 0.1) is 0 Å². The molecule has 1 aromatic heterocycles. The van der Waals surface area contributed by atoms with E-state index in [1.54, 1.807) is 11.8 Å². The first-order valence-electron chi connectivity index (χ1n) is 8.33. The Hall–Kier alpha value is -2.56. The first-order valence-corrected chi connectivity index (χ1v) is 9.58. The molecule has 126 valence electrons.